The van der Waals surface area contributed by atoms with Gasteiger partial charge in [0.1, 0.15) is 5.75 Å². The monoisotopic (exact) mass is 363 g/mol. The number of alkyl halides is 2. The van der Waals surface area contributed by atoms with Crippen LogP contribution in [0, 0.1) is 5.92 Å². The van der Waals surface area contributed by atoms with Crippen LogP contribution in [0.3, 0.4) is 0 Å². The van der Waals surface area contributed by atoms with Gasteiger partial charge in [-0.1, -0.05) is 15.9 Å². The van der Waals surface area contributed by atoms with E-state index in [9.17, 15) is 8.78 Å². The van der Waals surface area contributed by atoms with E-state index in [0.717, 1.165) is 36.6 Å². The number of hydrogen-bond acceptors (Lipinski definition) is 3. The Labute approximate surface area is 132 Å². The molecule has 0 spiro atoms. The summed E-state index contributed by atoms with van der Waals surface area (Å²) in [4.78, 5) is 0. The molecule has 1 aromatic rings. The van der Waals surface area contributed by atoms with Crippen molar-refractivity contribution >= 4 is 15.9 Å². The highest BCUT2D eigenvalue weighted by Crippen LogP contribution is 2.28. The van der Waals surface area contributed by atoms with Gasteiger partial charge in [-0.25, -0.2) is 0 Å². The molecule has 1 aromatic carbocycles. The molecule has 0 radical (unpaired) electrons. The second-order valence-corrected chi connectivity index (χ2v) is 6.09. The van der Waals surface area contributed by atoms with Gasteiger partial charge in [-0.05, 0) is 49.9 Å². The van der Waals surface area contributed by atoms with Crippen LogP contribution in [-0.4, -0.2) is 26.4 Å². The Hall–Kier alpha value is -0.720. The molecule has 2 rings (SSSR count). The van der Waals surface area contributed by atoms with E-state index in [-0.39, 0.29) is 5.75 Å². The van der Waals surface area contributed by atoms with Gasteiger partial charge in [0, 0.05) is 29.8 Å². The van der Waals surface area contributed by atoms with Crippen molar-refractivity contribution in [2.45, 2.75) is 32.4 Å². The Balaban J connectivity index is 1.67. The first-order valence-corrected chi connectivity index (χ1v) is 7.96. The Morgan fingerprint density at radius 3 is 2.86 bits per heavy atom. The molecule has 6 heteroatoms. The Bertz CT molecular complexity index is 442. The third-order valence-electron chi connectivity index (χ3n) is 3.25. The average molecular weight is 364 g/mol. The maximum Gasteiger partial charge on any atom is 0.387 e. The molecule has 0 aromatic heterocycles. The Morgan fingerprint density at radius 2 is 2.14 bits per heavy atom. The fraction of sp³-hybridized carbons (Fsp3) is 0.600. The SMILES string of the molecule is FC(F)Oc1ccc(Br)cc1CNCCCOCC1CC1. The molecule has 3 nitrogen and oxygen atoms in total. The molecular weight excluding hydrogens is 344 g/mol. The summed E-state index contributed by atoms with van der Waals surface area (Å²) in [7, 11) is 0. The number of benzene rings is 1. The molecule has 1 fully saturated rings. The summed E-state index contributed by atoms with van der Waals surface area (Å²) in [5.74, 6) is 0.999. The van der Waals surface area contributed by atoms with Crippen molar-refractivity contribution in [3.63, 3.8) is 0 Å². The second kappa shape index (κ2) is 8.66. The zero-order valence-electron chi connectivity index (χ0n) is 11.8. The topological polar surface area (TPSA) is 30.5 Å². The molecule has 1 aliphatic rings. The summed E-state index contributed by atoms with van der Waals surface area (Å²) in [6.45, 7) is 0.0799. The fourth-order valence-corrected chi connectivity index (χ4v) is 2.36. The third kappa shape index (κ3) is 6.72. The standard InChI is InChI=1S/C15H20BrF2NO2/c16-13-4-5-14(21-15(17)18)12(8-13)9-19-6-1-7-20-10-11-2-3-11/h4-5,8,11,15,19H,1-3,6-7,9-10H2. The van der Waals surface area contributed by atoms with Crippen LogP contribution in [0.15, 0.2) is 22.7 Å². The van der Waals surface area contributed by atoms with E-state index in [1.807, 2.05) is 0 Å². The van der Waals surface area contributed by atoms with Gasteiger partial charge in [0.25, 0.3) is 0 Å². The number of ether oxygens (including phenoxy) is 2. The van der Waals surface area contributed by atoms with Crippen molar-refractivity contribution in [3.8, 4) is 5.75 Å². The van der Waals surface area contributed by atoms with Crippen LogP contribution in [0.5, 0.6) is 5.75 Å². The lowest BCUT2D eigenvalue weighted by Gasteiger charge is -2.12. The van der Waals surface area contributed by atoms with E-state index in [2.05, 4.69) is 26.0 Å². The smallest absolute Gasteiger partial charge is 0.387 e. The van der Waals surface area contributed by atoms with Gasteiger partial charge in [-0.3, -0.25) is 0 Å². The van der Waals surface area contributed by atoms with Crippen molar-refractivity contribution < 1.29 is 18.3 Å². The van der Waals surface area contributed by atoms with E-state index >= 15 is 0 Å². The van der Waals surface area contributed by atoms with E-state index in [1.54, 1.807) is 18.2 Å². The molecule has 1 saturated carbocycles. The average Bonchev–Trinajstić information content (AvgIpc) is 3.24. The van der Waals surface area contributed by atoms with Gasteiger partial charge in [0.05, 0.1) is 0 Å². The number of rotatable bonds is 10. The molecule has 118 valence electrons. The number of halogens is 3. The quantitative estimate of drug-likeness (QED) is 0.638. The van der Waals surface area contributed by atoms with Gasteiger partial charge in [0.15, 0.2) is 0 Å². The molecule has 0 amide bonds. The zero-order chi connectivity index (χ0) is 15.1. The molecule has 0 bridgehead atoms. The third-order valence-corrected chi connectivity index (χ3v) is 3.74. The molecule has 0 aliphatic heterocycles. The molecule has 0 heterocycles. The summed E-state index contributed by atoms with van der Waals surface area (Å²) < 4.78 is 35.5. The van der Waals surface area contributed by atoms with Crippen LogP contribution in [0.4, 0.5) is 8.78 Å². The Kier molecular flexibility index (Phi) is 6.86. The normalized spacial score (nSPS) is 14.7. The molecule has 0 atom stereocenters. The van der Waals surface area contributed by atoms with Crippen LogP contribution in [0.25, 0.3) is 0 Å². The summed E-state index contributed by atoms with van der Waals surface area (Å²) in [5.41, 5.74) is 0.712. The van der Waals surface area contributed by atoms with Gasteiger partial charge in [-0.15, -0.1) is 0 Å². The number of nitrogens with one attached hydrogen (secondary N) is 1. The predicted octanol–water partition coefficient (Wildman–Crippen LogP) is 3.96. The largest absolute Gasteiger partial charge is 0.434 e. The Morgan fingerprint density at radius 1 is 1.33 bits per heavy atom. The molecule has 1 aliphatic carbocycles. The van der Waals surface area contributed by atoms with Crippen LogP contribution < -0.4 is 10.1 Å². The van der Waals surface area contributed by atoms with Crippen molar-refractivity contribution in [1.29, 1.82) is 0 Å². The van der Waals surface area contributed by atoms with E-state index in [4.69, 9.17) is 4.74 Å². The first kappa shape index (κ1) is 16.6. The minimum Gasteiger partial charge on any atom is -0.434 e. The van der Waals surface area contributed by atoms with Gasteiger partial charge in [0.2, 0.25) is 0 Å². The van der Waals surface area contributed by atoms with E-state index in [1.165, 1.54) is 12.8 Å². The van der Waals surface area contributed by atoms with Crippen LogP contribution in [0.1, 0.15) is 24.8 Å². The minimum absolute atomic E-state index is 0.214. The predicted molar refractivity (Wildman–Crippen MR) is 80.6 cm³/mol. The molecule has 0 unspecified atom stereocenters. The van der Waals surface area contributed by atoms with Gasteiger partial charge in [-0.2, -0.15) is 8.78 Å². The van der Waals surface area contributed by atoms with Crippen LogP contribution in [0.2, 0.25) is 0 Å². The van der Waals surface area contributed by atoms with Crippen molar-refractivity contribution in [3.05, 3.63) is 28.2 Å². The van der Waals surface area contributed by atoms with Gasteiger partial charge >= 0.3 is 6.61 Å². The maximum absolute atomic E-state index is 12.3. The van der Waals surface area contributed by atoms with E-state index < -0.39 is 6.61 Å². The lowest BCUT2D eigenvalue weighted by atomic mass is 10.2. The van der Waals surface area contributed by atoms with Gasteiger partial charge < -0.3 is 14.8 Å². The van der Waals surface area contributed by atoms with Crippen molar-refractivity contribution in [1.82, 2.24) is 5.32 Å². The second-order valence-electron chi connectivity index (χ2n) is 5.18. The van der Waals surface area contributed by atoms with Crippen LogP contribution in [-0.2, 0) is 11.3 Å². The molecular formula is C15H20BrF2NO2. The number of hydrogen-bond donors (Lipinski definition) is 1. The molecule has 0 saturated heterocycles. The summed E-state index contributed by atoms with van der Waals surface area (Å²) in [6.07, 6.45) is 3.51. The fourth-order valence-electron chi connectivity index (χ4n) is 1.95. The highest BCUT2D eigenvalue weighted by atomic mass is 79.9. The first-order valence-electron chi connectivity index (χ1n) is 7.17. The maximum atomic E-state index is 12.3. The molecule has 21 heavy (non-hydrogen) atoms. The van der Waals surface area contributed by atoms with Crippen molar-refractivity contribution in [2.24, 2.45) is 5.92 Å². The highest BCUT2D eigenvalue weighted by molar-refractivity contribution is 9.10. The summed E-state index contributed by atoms with van der Waals surface area (Å²) in [5, 5.41) is 3.22. The first-order chi connectivity index (χ1) is 10.1. The van der Waals surface area contributed by atoms with E-state index in [0.29, 0.717) is 12.1 Å². The minimum atomic E-state index is -2.80. The summed E-state index contributed by atoms with van der Waals surface area (Å²) in [6, 6.07) is 5.02. The zero-order valence-corrected chi connectivity index (χ0v) is 13.4. The lowest BCUT2D eigenvalue weighted by molar-refractivity contribution is -0.0505. The summed E-state index contributed by atoms with van der Waals surface area (Å²) >= 11 is 3.33. The highest BCUT2D eigenvalue weighted by Gasteiger charge is 2.20. The lowest BCUT2D eigenvalue weighted by Crippen LogP contribution is -2.17. The molecule has 1 N–H and O–H groups in total. The van der Waals surface area contributed by atoms with Crippen molar-refractivity contribution in [2.75, 3.05) is 19.8 Å². The van der Waals surface area contributed by atoms with Crippen LogP contribution >= 0.6 is 15.9 Å².